The number of rotatable bonds is 2. The third kappa shape index (κ3) is 1.28. The molecule has 0 atom stereocenters. The first-order valence-corrected chi connectivity index (χ1v) is 16.4. The predicted octanol–water partition coefficient (Wildman–Crippen LogP) is 3.46. The van der Waals surface area contributed by atoms with E-state index in [1.165, 1.54) is 19.3 Å². The number of nitrogens with zero attached hydrogens (tertiary/aromatic N) is 1. The molecule has 4 rings (SSSR count). The van der Waals surface area contributed by atoms with Crippen molar-refractivity contribution in [3.63, 3.8) is 0 Å². The van der Waals surface area contributed by atoms with Gasteiger partial charge in [-0.3, -0.25) is 0 Å². The number of aliphatic imine (C=N–C) groups is 1. The maximum absolute atomic E-state index is 5.84. The van der Waals surface area contributed by atoms with Gasteiger partial charge >= 0.3 is 103 Å². The minimum absolute atomic E-state index is 0.0307. The molecule has 1 heterocycles. The van der Waals surface area contributed by atoms with Gasteiger partial charge in [-0.1, -0.05) is 0 Å². The Morgan fingerprint density at radius 3 is 2.06 bits per heavy atom. The summed E-state index contributed by atoms with van der Waals surface area (Å²) >= 11 is -1.71. The Morgan fingerprint density at radius 1 is 1.12 bits per heavy atom. The van der Waals surface area contributed by atoms with Gasteiger partial charge in [0.25, 0.3) is 0 Å². The van der Waals surface area contributed by atoms with E-state index in [4.69, 9.17) is 9.73 Å². The van der Waals surface area contributed by atoms with Crippen LogP contribution in [-0.4, -0.2) is 36.4 Å². The van der Waals surface area contributed by atoms with Crippen molar-refractivity contribution in [1.82, 2.24) is 0 Å². The van der Waals surface area contributed by atoms with Gasteiger partial charge in [0.05, 0.1) is 0 Å². The molecule has 0 spiro atoms. The molecule has 3 saturated carbocycles. The molecule has 0 radical (unpaired) electrons. The Hall–Kier alpha value is 0.269. The average Bonchev–Trinajstić information content (AvgIpc) is 2.20. The molecular weight excluding hydrogens is 305 g/mol. The van der Waals surface area contributed by atoms with E-state index < -0.39 is 18.4 Å². The molecular formula is C13H23NOSn. The Bertz CT molecular complexity index is 358. The fraction of sp³-hybridized carbons (Fsp3) is 0.923. The van der Waals surface area contributed by atoms with Gasteiger partial charge in [0.2, 0.25) is 0 Å². The predicted molar refractivity (Wildman–Crippen MR) is 69.8 cm³/mol. The summed E-state index contributed by atoms with van der Waals surface area (Å²) in [6, 6.07) is 0. The monoisotopic (exact) mass is 329 g/mol. The van der Waals surface area contributed by atoms with E-state index in [-0.39, 0.29) is 5.54 Å². The first kappa shape index (κ1) is 11.4. The van der Waals surface area contributed by atoms with E-state index in [2.05, 4.69) is 28.7 Å². The minimum atomic E-state index is -1.71. The van der Waals surface area contributed by atoms with Crippen LogP contribution in [0.2, 0.25) is 18.2 Å². The van der Waals surface area contributed by atoms with Crippen molar-refractivity contribution in [1.29, 1.82) is 0 Å². The molecule has 0 aromatic rings. The van der Waals surface area contributed by atoms with Gasteiger partial charge < -0.3 is 0 Å². The van der Waals surface area contributed by atoms with Gasteiger partial charge in [-0.25, -0.2) is 0 Å². The van der Waals surface area contributed by atoms with Crippen LogP contribution in [0.25, 0.3) is 0 Å². The van der Waals surface area contributed by atoms with E-state index in [0.717, 1.165) is 15.9 Å². The molecule has 16 heavy (non-hydrogen) atoms. The van der Waals surface area contributed by atoms with E-state index in [9.17, 15) is 0 Å². The van der Waals surface area contributed by atoms with Crippen molar-refractivity contribution in [2.24, 2.45) is 10.4 Å². The Morgan fingerprint density at radius 2 is 1.69 bits per heavy atom. The molecule has 0 amide bonds. The zero-order valence-electron chi connectivity index (χ0n) is 11.2. The summed E-state index contributed by atoms with van der Waals surface area (Å²) in [6.45, 7) is 5.13. The van der Waals surface area contributed by atoms with E-state index >= 15 is 0 Å². The van der Waals surface area contributed by atoms with Crippen molar-refractivity contribution in [2.75, 3.05) is 6.61 Å². The Labute approximate surface area is 103 Å². The van der Waals surface area contributed by atoms with Crippen molar-refractivity contribution in [3.8, 4) is 0 Å². The summed E-state index contributed by atoms with van der Waals surface area (Å²) in [5.74, 6) is 1.11. The second-order valence-electron chi connectivity index (χ2n) is 7.86. The molecule has 3 fully saturated rings. The second-order valence-corrected chi connectivity index (χ2v) is 23.7. The van der Waals surface area contributed by atoms with Crippen molar-refractivity contribution < 1.29 is 4.74 Å². The van der Waals surface area contributed by atoms with Crippen molar-refractivity contribution >= 4 is 24.3 Å². The van der Waals surface area contributed by atoms with Crippen LogP contribution >= 0.6 is 0 Å². The van der Waals surface area contributed by atoms with Gasteiger partial charge in [0, 0.05) is 0 Å². The summed E-state index contributed by atoms with van der Waals surface area (Å²) in [5.41, 5.74) is 0.431. The number of hydrogen-bond acceptors (Lipinski definition) is 2. The summed E-state index contributed by atoms with van der Waals surface area (Å²) in [5, 5.41) is 0. The molecule has 0 unspecified atom stereocenters. The molecule has 0 N–H and O–H groups in total. The fourth-order valence-corrected chi connectivity index (χ4v) is 11.1. The van der Waals surface area contributed by atoms with Crippen LogP contribution in [0.5, 0.6) is 0 Å². The zero-order valence-corrected chi connectivity index (χ0v) is 14.0. The quantitative estimate of drug-likeness (QED) is 0.712. The topological polar surface area (TPSA) is 21.6 Å². The summed E-state index contributed by atoms with van der Waals surface area (Å²) in [4.78, 5) is 12.5. The fourth-order valence-electron chi connectivity index (χ4n) is 3.67. The van der Waals surface area contributed by atoms with Crippen LogP contribution in [0, 0.1) is 5.41 Å². The normalized spacial score (nSPS) is 44.2. The summed E-state index contributed by atoms with van der Waals surface area (Å²) in [6.07, 6.45) is 4.19. The molecule has 3 heteroatoms. The van der Waals surface area contributed by atoms with Crippen molar-refractivity contribution in [3.05, 3.63) is 0 Å². The zero-order chi connectivity index (χ0) is 11.8. The van der Waals surface area contributed by atoms with E-state index in [1.807, 2.05) is 0 Å². The Kier molecular flexibility index (Phi) is 1.99. The summed E-state index contributed by atoms with van der Waals surface area (Å²) in [7, 11) is 0. The number of hydrogen-bond donors (Lipinski definition) is 0. The Balaban J connectivity index is 1.76. The van der Waals surface area contributed by atoms with Crippen LogP contribution in [0.4, 0.5) is 0 Å². The molecule has 2 bridgehead atoms. The van der Waals surface area contributed by atoms with E-state index in [1.54, 1.807) is 0 Å². The molecule has 2 nitrogen and oxygen atoms in total. The molecule has 90 valence electrons. The third-order valence-electron chi connectivity index (χ3n) is 5.04. The summed E-state index contributed by atoms with van der Waals surface area (Å²) < 4.78 is 6.64. The first-order chi connectivity index (χ1) is 7.18. The molecule has 3 aliphatic carbocycles. The van der Waals surface area contributed by atoms with Crippen LogP contribution in [0.1, 0.15) is 33.1 Å². The van der Waals surface area contributed by atoms with Crippen LogP contribution < -0.4 is 0 Å². The maximum atomic E-state index is 5.84. The molecule has 0 aromatic heterocycles. The molecule has 1 aliphatic heterocycles. The molecule has 0 aromatic carbocycles. The number of ether oxygens (including phenoxy) is 1. The van der Waals surface area contributed by atoms with Crippen LogP contribution in [-0.2, 0) is 4.74 Å². The standard InChI is InChI=1S/C10H14NO.3CH3.Sn/c1-9(2)6-12-8(11-9)10-3-7(4-10)5-10;;;;/h3-6H2,1-2H3;3*1H3;. The molecule has 0 saturated heterocycles. The third-order valence-corrected chi connectivity index (χ3v) is 15.6. The van der Waals surface area contributed by atoms with Crippen LogP contribution in [0.3, 0.4) is 0 Å². The molecule has 4 aliphatic rings. The van der Waals surface area contributed by atoms with Crippen LogP contribution in [0.15, 0.2) is 4.99 Å². The van der Waals surface area contributed by atoms with Gasteiger partial charge in [-0.15, -0.1) is 0 Å². The SMILES string of the molecule is CC1(C)COC(C23C[C]([Sn]([CH3])([CH3])[CH3])(C2)C3)=N1. The van der Waals surface area contributed by atoms with Gasteiger partial charge in [0.15, 0.2) is 0 Å². The van der Waals surface area contributed by atoms with E-state index in [0.29, 0.717) is 5.41 Å². The van der Waals surface area contributed by atoms with Gasteiger partial charge in [-0.2, -0.15) is 0 Å². The van der Waals surface area contributed by atoms with Gasteiger partial charge in [-0.05, 0) is 0 Å². The van der Waals surface area contributed by atoms with Crippen molar-refractivity contribution in [2.45, 2.75) is 56.9 Å². The second kappa shape index (κ2) is 2.81. The van der Waals surface area contributed by atoms with Gasteiger partial charge in [0.1, 0.15) is 0 Å². The first-order valence-electron chi connectivity index (χ1n) is 6.41. The average molecular weight is 328 g/mol.